The molecule has 164 valence electrons. The fourth-order valence-corrected chi connectivity index (χ4v) is 4.43. The molecule has 1 atom stereocenters. The first kappa shape index (κ1) is 23.1. The van der Waals surface area contributed by atoms with Crippen molar-refractivity contribution in [3.63, 3.8) is 0 Å². The predicted octanol–water partition coefficient (Wildman–Crippen LogP) is 5.46. The minimum atomic E-state index is -0.799. The Bertz CT molecular complexity index is 1090. The van der Waals surface area contributed by atoms with E-state index >= 15 is 0 Å². The molecular formula is C24H28IN3O3. The molecule has 2 amide bonds. The molecule has 3 aromatic rings. The van der Waals surface area contributed by atoms with E-state index in [-0.39, 0.29) is 5.91 Å². The number of ether oxygens (including phenoxy) is 1. The number of nitrogens with one attached hydrogen (secondary N) is 3. The summed E-state index contributed by atoms with van der Waals surface area (Å²) in [5.74, 6) is -0.288. The largest absolute Gasteiger partial charge is 0.444 e. The summed E-state index contributed by atoms with van der Waals surface area (Å²) in [6, 6.07) is 11.1. The lowest BCUT2D eigenvalue weighted by molar-refractivity contribution is -0.118. The molecule has 0 saturated heterocycles. The number of fused-ring (bicyclic) bond motifs is 1. The Balaban J connectivity index is 1.87. The van der Waals surface area contributed by atoms with Crippen molar-refractivity contribution in [2.75, 3.05) is 5.32 Å². The summed E-state index contributed by atoms with van der Waals surface area (Å²) in [6.07, 6.45) is 1.59. The number of anilines is 1. The summed E-state index contributed by atoms with van der Waals surface area (Å²) >= 11 is 2.26. The van der Waals surface area contributed by atoms with Gasteiger partial charge in [-0.1, -0.05) is 18.2 Å². The molecule has 3 rings (SSSR count). The standard InChI is InChI=1S/C24H28IN3O3/c1-14-10-17(25)11-15(2)21(14)28-22(29)20(27-23(30)31-24(3,4)5)12-16-13-26-19-9-7-6-8-18(16)19/h6-11,13,20,26H,12H2,1-5H3,(H,27,30)(H,28,29). The number of aromatic amines is 1. The van der Waals surface area contributed by atoms with Crippen molar-refractivity contribution in [2.24, 2.45) is 0 Å². The van der Waals surface area contributed by atoms with Crippen LogP contribution in [0.3, 0.4) is 0 Å². The first-order chi connectivity index (χ1) is 14.5. The number of halogens is 1. The van der Waals surface area contributed by atoms with E-state index in [4.69, 9.17) is 4.74 Å². The number of hydrogen-bond donors (Lipinski definition) is 3. The zero-order chi connectivity index (χ0) is 22.8. The van der Waals surface area contributed by atoms with E-state index in [2.05, 4.69) is 38.2 Å². The second-order valence-corrected chi connectivity index (χ2v) is 9.91. The molecule has 6 nitrogen and oxygen atoms in total. The Kier molecular flexibility index (Phi) is 6.93. The lowest BCUT2D eigenvalue weighted by atomic mass is 10.0. The maximum absolute atomic E-state index is 13.3. The van der Waals surface area contributed by atoms with Crippen LogP contribution in [0.2, 0.25) is 0 Å². The SMILES string of the molecule is Cc1cc(I)cc(C)c1NC(=O)C(Cc1c[nH]c2ccccc12)NC(=O)OC(C)(C)C. The van der Waals surface area contributed by atoms with Crippen LogP contribution in [0.25, 0.3) is 10.9 Å². The van der Waals surface area contributed by atoms with E-state index < -0.39 is 17.7 Å². The number of rotatable bonds is 5. The molecule has 3 N–H and O–H groups in total. The van der Waals surface area contributed by atoms with E-state index in [1.54, 1.807) is 20.8 Å². The van der Waals surface area contributed by atoms with Gasteiger partial charge in [-0.05, 0) is 92.1 Å². The second kappa shape index (κ2) is 9.30. The second-order valence-electron chi connectivity index (χ2n) is 8.67. The maximum Gasteiger partial charge on any atom is 0.408 e. The number of amides is 2. The van der Waals surface area contributed by atoms with Gasteiger partial charge in [-0.3, -0.25) is 4.79 Å². The molecular weight excluding hydrogens is 505 g/mol. The fourth-order valence-electron chi connectivity index (χ4n) is 3.50. The molecule has 31 heavy (non-hydrogen) atoms. The normalized spacial score (nSPS) is 12.5. The molecule has 0 radical (unpaired) electrons. The number of benzene rings is 2. The number of aromatic nitrogens is 1. The minimum Gasteiger partial charge on any atom is -0.444 e. The van der Waals surface area contributed by atoms with Gasteiger partial charge in [0, 0.05) is 32.8 Å². The van der Waals surface area contributed by atoms with Gasteiger partial charge < -0.3 is 20.4 Å². The number of carbonyl (C=O) groups is 2. The van der Waals surface area contributed by atoms with Crippen LogP contribution in [-0.2, 0) is 16.0 Å². The zero-order valence-corrected chi connectivity index (χ0v) is 20.6. The molecule has 2 aromatic carbocycles. The van der Waals surface area contributed by atoms with Gasteiger partial charge in [-0.25, -0.2) is 4.79 Å². The van der Waals surface area contributed by atoms with Crippen LogP contribution < -0.4 is 10.6 Å². The predicted molar refractivity (Wildman–Crippen MR) is 132 cm³/mol. The fraction of sp³-hybridized carbons (Fsp3) is 0.333. The first-order valence-electron chi connectivity index (χ1n) is 10.2. The van der Waals surface area contributed by atoms with Crippen LogP contribution in [0.15, 0.2) is 42.6 Å². The van der Waals surface area contributed by atoms with Crippen LogP contribution in [0, 0.1) is 17.4 Å². The molecule has 0 bridgehead atoms. The topological polar surface area (TPSA) is 83.2 Å². The number of para-hydroxylation sites is 1. The highest BCUT2D eigenvalue weighted by Crippen LogP contribution is 2.24. The van der Waals surface area contributed by atoms with Crippen molar-refractivity contribution in [1.29, 1.82) is 0 Å². The van der Waals surface area contributed by atoms with Gasteiger partial charge in [0.25, 0.3) is 0 Å². The third-order valence-electron chi connectivity index (χ3n) is 4.85. The summed E-state index contributed by atoms with van der Waals surface area (Å²) in [5.41, 5.74) is 3.98. The Morgan fingerprint density at radius 2 is 1.77 bits per heavy atom. The van der Waals surface area contributed by atoms with Crippen molar-refractivity contribution in [2.45, 2.75) is 52.7 Å². The number of aryl methyl sites for hydroxylation is 2. The van der Waals surface area contributed by atoms with Gasteiger partial charge >= 0.3 is 6.09 Å². The number of hydrogen-bond acceptors (Lipinski definition) is 3. The third-order valence-corrected chi connectivity index (χ3v) is 5.47. The lowest BCUT2D eigenvalue weighted by Gasteiger charge is -2.24. The highest BCUT2D eigenvalue weighted by Gasteiger charge is 2.26. The molecule has 7 heteroatoms. The number of H-pyrrole nitrogens is 1. The first-order valence-corrected chi connectivity index (χ1v) is 11.2. The summed E-state index contributed by atoms with van der Waals surface area (Å²) < 4.78 is 6.50. The lowest BCUT2D eigenvalue weighted by Crippen LogP contribution is -2.47. The Morgan fingerprint density at radius 3 is 2.42 bits per heavy atom. The van der Waals surface area contributed by atoms with Crippen LogP contribution in [-0.4, -0.2) is 28.6 Å². The van der Waals surface area contributed by atoms with E-state index in [1.165, 1.54) is 0 Å². The van der Waals surface area contributed by atoms with Crippen molar-refractivity contribution in [1.82, 2.24) is 10.3 Å². The molecule has 0 fully saturated rings. The van der Waals surface area contributed by atoms with Crippen molar-refractivity contribution < 1.29 is 14.3 Å². The van der Waals surface area contributed by atoms with Gasteiger partial charge in [-0.2, -0.15) is 0 Å². The van der Waals surface area contributed by atoms with Gasteiger partial charge in [0.15, 0.2) is 0 Å². The monoisotopic (exact) mass is 533 g/mol. The van der Waals surface area contributed by atoms with Gasteiger partial charge in [-0.15, -0.1) is 0 Å². The van der Waals surface area contributed by atoms with E-state index in [0.29, 0.717) is 6.42 Å². The summed E-state index contributed by atoms with van der Waals surface area (Å²) in [5, 5.41) is 6.79. The molecule has 0 aliphatic rings. The molecule has 1 unspecified atom stereocenters. The smallest absolute Gasteiger partial charge is 0.408 e. The van der Waals surface area contributed by atoms with E-state index in [1.807, 2.05) is 56.4 Å². The molecule has 0 aliphatic carbocycles. The van der Waals surface area contributed by atoms with E-state index in [0.717, 1.165) is 36.9 Å². The van der Waals surface area contributed by atoms with Crippen LogP contribution in [0.5, 0.6) is 0 Å². The van der Waals surface area contributed by atoms with E-state index in [9.17, 15) is 9.59 Å². The van der Waals surface area contributed by atoms with Crippen molar-refractivity contribution >= 4 is 51.2 Å². The summed E-state index contributed by atoms with van der Waals surface area (Å²) in [7, 11) is 0. The summed E-state index contributed by atoms with van der Waals surface area (Å²) in [4.78, 5) is 29.0. The molecule has 0 saturated carbocycles. The quantitative estimate of drug-likeness (QED) is 0.381. The minimum absolute atomic E-state index is 0.288. The highest BCUT2D eigenvalue weighted by molar-refractivity contribution is 14.1. The Morgan fingerprint density at radius 1 is 1.13 bits per heavy atom. The average Bonchev–Trinajstić information content (AvgIpc) is 3.05. The van der Waals surface area contributed by atoms with Crippen LogP contribution >= 0.6 is 22.6 Å². The number of carbonyl (C=O) groups excluding carboxylic acids is 2. The summed E-state index contributed by atoms with van der Waals surface area (Å²) in [6.45, 7) is 9.29. The molecule has 1 heterocycles. The van der Waals surface area contributed by atoms with Gasteiger partial charge in [0.1, 0.15) is 11.6 Å². The molecule has 1 aromatic heterocycles. The Labute approximate surface area is 196 Å². The van der Waals surface area contributed by atoms with Crippen LogP contribution in [0.4, 0.5) is 10.5 Å². The van der Waals surface area contributed by atoms with Crippen LogP contribution in [0.1, 0.15) is 37.5 Å². The molecule has 0 aliphatic heterocycles. The third kappa shape index (κ3) is 6.00. The van der Waals surface area contributed by atoms with Crippen molar-refractivity contribution in [3.8, 4) is 0 Å². The highest BCUT2D eigenvalue weighted by atomic mass is 127. The number of alkyl carbamates (subject to hydrolysis) is 1. The molecule has 0 spiro atoms. The van der Waals surface area contributed by atoms with Gasteiger partial charge in [0.05, 0.1) is 0 Å². The van der Waals surface area contributed by atoms with Gasteiger partial charge in [0.2, 0.25) is 5.91 Å². The maximum atomic E-state index is 13.3. The average molecular weight is 533 g/mol. The Hall–Kier alpha value is -2.55. The zero-order valence-electron chi connectivity index (χ0n) is 18.4. The van der Waals surface area contributed by atoms with Crippen molar-refractivity contribution in [3.05, 3.63) is 62.9 Å².